The van der Waals surface area contributed by atoms with Crippen LogP contribution in [-0.4, -0.2) is 71.2 Å². The van der Waals surface area contributed by atoms with E-state index in [-0.39, 0.29) is 38.2 Å². The van der Waals surface area contributed by atoms with E-state index in [2.05, 4.69) is 53.8 Å². The maximum atomic E-state index is 14.5. The first-order valence-electron chi connectivity index (χ1n) is 18.2. The fourth-order valence-corrected chi connectivity index (χ4v) is 6.82. The van der Waals surface area contributed by atoms with E-state index in [0.29, 0.717) is 6.42 Å². The van der Waals surface area contributed by atoms with Crippen molar-refractivity contribution in [3.05, 3.63) is 117 Å². The summed E-state index contributed by atoms with van der Waals surface area (Å²) < 4.78 is 1.01. The summed E-state index contributed by atoms with van der Waals surface area (Å²) in [7, 11) is 0. The number of benzene rings is 4. The van der Waals surface area contributed by atoms with Crippen LogP contribution in [-0.2, 0) is 43.2 Å². The highest BCUT2D eigenvalue weighted by molar-refractivity contribution is 14.1. The molecule has 56 heavy (non-hydrogen) atoms. The van der Waals surface area contributed by atoms with Gasteiger partial charge in [-0.3, -0.25) is 29.0 Å². The molecule has 1 aromatic heterocycles. The number of rotatable bonds is 18. The topological polar surface area (TPSA) is 240 Å². The van der Waals surface area contributed by atoms with E-state index in [0.717, 1.165) is 41.9 Å². The molecule has 14 nitrogen and oxygen atoms in total. The largest absolute Gasteiger partial charge is 0.370 e. The van der Waals surface area contributed by atoms with Crippen molar-refractivity contribution in [1.82, 2.24) is 26.3 Å². The number of hydrogen-bond donors (Lipinski definition) is 8. The molecule has 11 N–H and O–H groups in total. The Morgan fingerprint density at radius 3 is 1.91 bits per heavy atom. The summed E-state index contributed by atoms with van der Waals surface area (Å²) >= 11 is 2.19. The number of fused-ring (bicyclic) bond motifs is 2. The SMILES string of the molecule is CC(=O)N[C@H](Cc1ccc(I)cc1)C(=O)N[C@H](Cc1ccc2ccccc2c1)C(=O)N[C@@H](Cc1c[nH]c2ccccc12)C(=O)N[C@@H](CCCN=C(N)N)C(N)=O. The van der Waals surface area contributed by atoms with Crippen molar-refractivity contribution < 1.29 is 24.0 Å². The lowest BCUT2D eigenvalue weighted by Gasteiger charge is -2.26. The average molecular weight is 872 g/mol. The predicted molar refractivity (Wildman–Crippen MR) is 225 cm³/mol. The Morgan fingerprint density at radius 1 is 0.679 bits per heavy atom. The van der Waals surface area contributed by atoms with Crippen LogP contribution in [0.2, 0.25) is 0 Å². The maximum absolute atomic E-state index is 14.5. The number of carbonyl (C=O) groups excluding carboxylic acids is 5. The first-order valence-corrected chi connectivity index (χ1v) is 19.2. The van der Waals surface area contributed by atoms with Gasteiger partial charge in [0.15, 0.2) is 5.96 Å². The van der Waals surface area contributed by atoms with Crippen LogP contribution in [0.15, 0.2) is 102 Å². The molecule has 15 heteroatoms. The molecule has 4 aromatic carbocycles. The zero-order valence-corrected chi connectivity index (χ0v) is 33.0. The van der Waals surface area contributed by atoms with Crippen LogP contribution in [0.3, 0.4) is 0 Å². The quantitative estimate of drug-likeness (QED) is 0.0283. The van der Waals surface area contributed by atoms with Gasteiger partial charge in [0.2, 0.25) is 29.5 Å². The van der Waals surface area contributed by atoms with Crippen molar-refractivity contribution in [1.29, 1.82) is 0 Å². The number of primary amides is 1. The first kappa shape index (κ1) is 41.2. The molecule has 0 aliphatic heterocycles. The Labute approximate surface area is 338 Å². The minimum Gasteiger partial charge on any atom is -0.370 e. The molecule has 292 valence electrons. The minimum atomic E-state index is -1.20. The summed E-state index contributed by atoms with van der Waals surface area (Å²) in [5.41, 5.74) is 19.7. The van der Waals surface area contributed by atoms with Crippen LogP contribution in [0, 0.1) is 3.57 Å². The molecule has 0 fully saturated rings. The van der Waals surface area contributed by atoms with Crippen molar-refractivity contribution in [2.24, 2.45) is 22.2 Å². The molecule has 0 unspecified atom stereocenters. The monoisotopic (exact) mass is 871 g/mol. The lowest BCUT2D eigenvalue weighted by Crippen LogP contribution is -2.59. The smallest absolute Gasteiger partial charge is 0.243 e. The zero-order valence-electron chi connectivity index (χ0n) is 30.9. The summed E-state index contributed by atoms with van der Waals surface area (Å²) in [6.07, 6.45) is 2.54. The number of aromatic nitrogens is 1. The van der Waals surface area contributed by atoms with E-state index in [4.69, 9.17) is 17.2 Å². The van der Waals surface area contributed by atoms with E-state index < -0.39 is 53.7 Å². The summed E-state index contributed by atoms with van der Waals surface area (Å²) in [6, 6.07) is 24.1. The van der Waals surface area contributed by atoms with Crippen LogP contribution in [0.5, 0.6) is 0 Å². The van der Waals surface area contributed by atoms with Crippen LogP contribution in [0.1, 0.15) is 36.5 Å². The third-order valence-electron chi connectivity index (χ3n) is 9.27. The third-order valence-corrected chi connectivity index (χ3v) is 9.99. The predicted octanol–water partition coefficient (Wildman–Crippen LogP) is 2.45. The number of H-pyrrole nitrogens is 1. The van der Waals surface area contributed by atoms with Gasteiger partial charge < -0.3 is 43.5 Å². The Morgan fingerprint density at radius 2 is 1.25 bits per heavy atom. The molecule has 5 amide bonds. The van der Waals surface area contributed by atoms with Gasteiger partial charge in [-0.1, -0.05) is 72.8 Å². The third kappa shape index (κ3) is 11.8. The maximum Gasteiger partial charge on any atom is 0.243 e. The summed E-state index contributed by atoms with van der Waals surface area (Å²) in [5, 5.41) is 14.0. The van der Waals surface area contributed by atoms with Crippen LogP contribution < -0.4 is 38.5 Å². The fourth-order valence-electron chi connectivity index (χ4n) is 6.46. The number of guanidine groups is 1. The number of carbonyl (C=O) groups is 5. The van der Waals surface area contributed by atoms with Gasteiger partial charge >= 0.3 is 0 Å². The van der Waals surface area contributed by atoms with Crippen molar-refractivity contribution in [3.8, 4) is 0 Å². The van der Waals surface area contributed by atoms with E-state index in [9.17, 15) is 24.0 Å². The molecule has 1 heterocycles. The number of aromatic amines is 1. The number of nitrogens with one attached hydrogen (secondary N) is 5. The van der Waals surface area contributed by atoms with E-state index in [1.807, 2.05) is 91.0 Å². The Kier molecular flexibility index (Phi) is 14.4. The van der Waals surface area contributed by atoms with Gasteiger partial charge in [0.05, 0.1) is 0 Å². The lowest BCUT2D eigenvalue weighted by molar-refractivity contribution is -0.134. The molecule has 0 spiro atoms. The van der Waals surface area contributed by atoms with Crippen LogP contribution >= 0.6 is 22.6 Å². The summed E-state index contributed by atoms with van der Waals surface area (Å²) in [4.78, 5) is 74.4. The van der Waals surface area contributed by atoms with Gasteiger partial charge in [-0.2, -0.15) is 0 Å². The number of para-hydroxylation sites is 1. The standard InChI is InChI=1S/C41H46IN9O5/c1-24(52)48-34(20-25-13-16-30(42)17-14-25)38(54)50-35(21-26-12-15-27-7-2-3-8-28(27)19-26)39(55)51-36(22-29-23-47-32-10-5-4-9-31(29)32)40(56)49-33(37(43)53)11-6-18-46-41(44)45/h2-5,7-10,12-17,19,23,33-36,47H,6,11,18,20-22H2,1H3,(H2,43,53)(H,48,52)(H,49,56)(H,50,54)(H,51,55)(H4,44,45,46)/t33-,34+,35+,36-/m0/s1. The zero-order chi connectivity index (χ0) is 40.2. The van der Waals surface area contributed by atoms with Gasteiger partial charge in [0.1, 0.15) is 24.2 Å². The molecule has 0 saturated heterocycles. The van der Waals surface area contributed by atoms with Crippen LogP contribution in [0.25, 0.3) is 21.7 Å². The van der Waals surface area contributed by atoms with E-state index in [1.165, 1.54) is 6.92 Å². The van der Waals surface area contributed by atoms with E-state index in [1.54, 1.807) is 6.20 Å². The highest BCUT2D eigenvalue weighted by Gasteiger charge is 2.32. The van der Waals surface area contributed by atoms with Crippen LogP contribution in [0.4, 0.5) is 0 Å². The number of amides is 5. The van der Waals surface area contributed by atoms with Gasteiger partial charge in [0.25, 0.3) is 0 Å². The molecule has 5 rings (SSSR count). The molecule has 5 aromatic rings. The molecule has 4 atom stereocenters. The number of aliphatic imine (C=N–C) groups is 1. The van der Waals surface area contributed by atoms with Gasteiger partial charge in [-0.05, 0) is 81.1 Å². The molecule has 0 aliphatic carbocycles. The molecule has 0 radical (unpaired) electrons. The Bertz CT molecular complexity index is 2220. The fraction of sp³-hybridized carbons (Fsp3) is 0.268. The summed E-state index contributed by atoms with van der Waals surface area (Å²) in [6.45, 7) is 1.54. The van der Waals surface area contributed by atoms with Crippen molar-refractivity contribution >= 4 is 79.8 Å². The molecule has 0 saturated carbocycles. The van der Waals surface area contributed by atoms with Crippen molar-refractivity contribution in [3.63, 3.8) is 0 Å². The van der Waals surface area contributed by atoms with Gasteiger partial charge in [0, 0.05) is 53.4 Å². The second kappa shape index (κ2) is 19.6. The van der Waals surface area contributed by atoms with Gasteiger partial charge in [-0.25, -0.2) is 0 Å². The number of nitrogens with two attached hydrogens (primary N) is 3. The lowest BCUT2D eigenvalue weighted by atomic mass is 9.99. The number of hydrogen-bond acceptors (Lipinski definition) is 6. The average Bonchev–Trinajstić information content (AvgIpc) is 3.58. The Hall–Kier alpha value is -5.97. The van der Waals surface area contributed by atoms with Crippen molar-refractivity contribution in [2.75, 3.05) is 6.54 Å². The highest BCUT2D eigenvalue weighted by atomic mass is 127. The number of halogens is 1. The first-order chi connectivity index (χ1) is 26.9. The summed E-state index contributed by atoms with van der Waals surface area (Å²) in [5.74, 6) is -3.16. The second-order valence-corrected chi connectivity index (χ2v) is 14.8. The molecule has 0 aliphatic rings. The molecular weight excluding hydrogens is 825 g/mol. The van der Waals surface area contributed by atoms with Gasteiger partial charge in [-0.15, -0.1) is 0 Å². The normalized spacial score (nSPS) is 13.2. The van der Waals surface area contributed by atoms with Crippen molar-refractivity contribution in [2.45, 2.75) is 63.2 Å². The highest BCUT2D eigenvalue weighted by Crippen LogP contribution is 2.21. The Balaban J connectivity index is 1.45. The second-order valence-electron chi connectivity index (χ2n) is 13.6. The van der Waals surface area contributed by atoms with E-state index >= 15 is 0 Å². The number of nitrogens with zero attached hydrogens (tertiary/aromatic N) is 1. The molecule has 0 bridgehead atoms. The minimum absolute atomic E-state index is 0.0407. The molecular formula is C41H46IN9O5.